The first-order valence-electron chi connectivity index (χ1n) is 8.25. The molecule has 2 amide bonds. The molecule has 4 nitrogen and oxygen atoms in total. The van der Waals surface area contributed by atoms with Gasteiger partial charge in [-0.05, 0) is 42.4 Å². The first kappa shape index (κ1) is 18.4. The number of urea groups is 1. The number of carbonyl (C=O) groups excluding carboxylic acids is 1. The van der Waals surface area contributed by atoms with Crippen LogP contribution in [0.5, 0.6) is 0 Å². The highest BCUT2D eigenvalue weighted by Crippen LogP contribution is 2.65. The lowest BCUT2D eigenvalue weighted by atomic mass is 9.69. The third kappa shape index (κ3) is 3.92. The number of hydrogen-bond acceptors (Lipinski definition) is 2. The molecule has 2 N–H and O–H groups in total. The average molecular weight is 336 g/mol. The van der Waals surface area contributed by atoms with Crippen LogP contribution < -0.4 is 10.6 Å². The van der Waals surface area contributed by atoms with Crippen LogP contribution in [0, 0.1) is 16.7 Å². The number of hydrogen-bond donors (Lipinski definition) is 2. The van der Waals surface area contributed by atoms with E-state index in [1.165, 1.54) is 6.42 Å². The molecule has 0 saturated heterocycles. The molecular weight excluding hydrogens is 309 g/mol. The SMILES string of the molecule is CC1(C)C2CCC1(C)C(NC(=O)NCCCOCC(F)(F)F)C2. The lowest BCUT2D eigenvalue weighted by molar-refractivity contribution is -0.173. The Morgan fingerprint density at radius 2 is 2.00 bits per heavy atom. The van der Waals surface area contributed by atoms with Crippen LogP contribution in [0.25, 0.3) is 0 Å². The van der Waals surface area contributed by atoms with Crippen LogP contribution in [0.1, 0.15) is 46.5 Å². The second-order valence-corrected chi connectivity index (χ2v) is 7.58. The molecule has 0 aromatic carbocycles. The van der Waals surface area contributed by atoms with E-state index in [9.17, 15) is 18.0 Å². The monoisotopic (exact) mass is 336 g/mol. The lowest BCUT2D eigenvalue weighted by Gasteiger charge is -2.39. The maximum atomic E-state index is 12.0. The Labute approximate surface area is 135 Å². The molecule has 0 spiro atoms. The Morgan fingerprint density at radius 3 is 2.52 bits per heavy atom. The van der Waals surface area contributed by atoms with E-state index < -0.39 is 12.8 Å². The van der Waals surface area contributed by atoms with E-state index in [2.05, 4.69) is 36.1 Å². The van der Waals surface area contributed by atoms with Crippen molar-refractivity contribution in [2.45, 2.75) is 58.7 Å². The summed E-state index contributed by atoms with van der Waals surface area (Å²) in [6.45, 7) is 5.85. The molecule has 7 heteroatoms. The summed E-state index contributed by atoms with van der Waals surface area (Å²) < 4.78 is 40.2. The molecule has 3 unspecified atom stereocenters. The minimum absolute atomic E-state index is 0.0178. The molecule has 0 radical (unpaired) electrons. The fourth-order valence-electron chi connectivity index (χ4n) is 4.20. The quantitative estimate of drug-likeness (QED) is 0.730. The number of rotatable bonds is 6. The summed E-state index contributed by atoms with van der Waals surface area (Å²) in [5.74, 6) is 0.647. The van der Waals surface area contributed by atoms with Gasteiger partial charge in [-0.15, -0.1) is 0 Å². The van der Waals surface area contributed by atoms with Crippen LogP contribution in [-0.4, -0.2) is 38.0 Å². The van der Waals surface area contributed by atoms with Crippen LogP contribution in [-0.2, 0) is 4.74 Å². The fourth-order valence-corrected chi connectivity index (χ4v) is 4.20. The zero-order chi connectivity index (χ0) is 17.3. The van der Waals surface area contributed by atoms with Crippen molar-refractivity contribution in [1.29, 1.82) is 0 Å². The Kier molecular flexibility index (Phi) is 5.18. The molecule has 2 bridgehead atoms. The van der Waals surface area contributed by atoms with Crippen LogP contribution in [0.15, 0.2) is 0 Å². The van der Waals surface area contributed by atoms with Crippen molar-refractivity contribution in [2.24, 2.45) is 16.7 Å². The molecule has 0 aliphatic heterocycles. The second-order valence-electron chi connectivity index (χ2n) is 7.58. The molecule has 2 saturated carbocycles. The molecule has 0 heterocycles. The van der Waals surface area contributed by atoms with Crippen molar-refractivity contribution in [3.05, 3.63) is 0 Å². The highest BCUT2D eigenvalue weighted by Gasteiger charge is 2.61. The predicted octanol–water partition coefficient (Wildman–Crippen LogP) is 3.47. The number of amides is 2. The summed E-state index contributed by atoms with van der Waals surface area (Å²) in [6.07, 6.45) is -0.583. The summed E-state index contributed by atoms with van der Waals surface area (Å²) in [5, 5.41) is 5.75. The van der Waals surface area contributed by atoms with Gasteiger partial charge in [0.2, 0.25) is 0 Å². The van der Waals surface area contributed by atoms with E-state index in [1.807, 2.05) is 0 Å². The molecule has 2 rings (SSSR count). The predicted molar refractivity (Wildman–Crippen MR) is 81.0 cm³/mol. The largest absolute Gasteiger partial charge is 0.411 e. The van der Waals surface area contributed by atoms with Gasteiger partial charge in [0, 0.05) is 19.2 Å². The summed E-state index contributed by atoms with van der Waals surface area (Å²) in [5.41, 5.74) is 0.348. The first-order chi connectivity index (χ1) is 10.6. The molecule has 3 atom stereocenters. The maximum Gasteiger partial charge on any atom is 0.411 e. The number of ether oxygens (including phenoxy) is 1. The topological polar surface area (TPSA) is 50.4 Å². The average Bonchev–Trinajstić information content (AvgIpc) is 2.74. The third-order valence-electron chi connectivity index (χ3n) is 6.12. The molecule has 2 aliphatic carbocycles. The van der Waals surface area contributed by atoms with Crippen LogP contribution >= 0.6 is 0 Å². The van der Waals surface area contributed by atoms with Gasteiger partial charge in [0.05, 0.1) is 0 Å². The summed E-state index contributed by atoms with van der Waals surface area (Å²) in [7, 11) is 0. The van der Waals surface area contributed by atoms with Gasteiger partial charge >= 0.3 is 12.2 Å². The van der Waals surface area contributed by atoms with Gasteiger partial charge in [0.25, 0.3) is 0 Å². The van der Waals surface area contributed by atoms with E-state index in [0.29, 0.717) is 18.9 Å². The minimum atomic E-state index is -4.30. The van der Waals surface area contributed by atoms with Crippen molar-refractivity contribution < 1.29 is 22.7 Å². The van der Waals surface area contributed by atoms with Crippen LogP contribution in [0.3, 0.4) is 0 Å². The van der Waals surface area contributed by atoms with E-state index in [0.717, 1.165) is 12.8 Å². The van der Waals surface area contributed by atoms with E-state index in [1.54, 1.807) is 0 Å². The van der Waals surface area contributed by atoms with Gasteiger partial charge in [-0.3, -0.25) is 0 Å². The first-order valence-corrected chi connectivity index (χ1v) is 8.25. The molecule has 0 aromatic heterocycles. The molecular formula is C16H27F3N2O2. The van der Waals surface area contributed by atoms with Crippen molar-refractivity contribution in [3.63, 3.8) is 0 Å². The van der Waals surface area contributed by atoms with Crippen LogP contribution in [0.2, 0.25) is 0 Å². The Hall–Kier alpha value is -0.980. The number of nitrogens with one attached hydrogen (secondary N) is 2. The van der Waals surface area contributed by atoms with Crippen molar-refractivity contribution in [3.8, 4) is 0 Å². The Morgan fingerprint density at radius 1 is 1.30 bits per heavy atom. The zero-order valence-electron chi connectivity index (χ0n) is 14.1. The van der Waals surface area contributed by atoms with Gasteiger partial charge in [-0.1, -0.05) is 20.8 Å². The molecule has 134 valence electrons. The van der Waals surface area contributed by atoms with Gasteiger partial charge in [0.1, 0.15) is 6.61 Å². The zero-order valence-corrected chi connectivity index (χ0v) is 14.1. The second kappa shape index (κ2) is 6.49. The molecule has 0 aromatic rings. The molecule has 2 aliphatic rings. The molecule has 2 fully saturated rings. The molecule has 23 heavy (non-hydrogen) atoms. The van der Waals surface area contributed by atoms with Crippen LogP contribution in [0.4, 0.5) is 18.0 Å². The normalized spacial score (nSPS) is 32.1. The summed E-state index contributed by atoms with van der Waals surface area (Å²) in [6, 6.07) is -0.0758. The third-order valence-corrected chi connectivity index (χ3v) is 6.12. The highest BCUT2D eigenvalue weighted by molar-refractivity contribution is 5.74. The van der Waals surface area contributed by atoms with Crippen molar-refractivity contribution in [2.75, 3.05) is 19.8 Å². The van der Waals surface area contributed by atoms with E-state index in [4.69, 9.17) is 0 Å². The minimum Gasteiger partial charge on any atom is -0.372 e. The van der Waals surface area contributed by atoms with Gasteiger partial charge in [-0.2, -0.15) is 13.2 Å². The lowest BCUT2D eigenvalue weighted by Crippen LogP contribution is -2.50. The summed E-state index contributed by atoms with van der Waals surface area (Å²) in [4.78, 5) is 12.0. The van der Waals surface area contributed by atoms with Gasteiger partial charge in [0.15, 0.2) is 0 Å². The number of alkyl halides is 3. The Balaban J connectivity index is 1.65. The fraction of sp³-hybridized carbons (Fsp3) is 0.938. The van der Waals surface area contributed by atoms with Gasteiger partial charge < -0.3 is 15.4 Å². The van der Waals surface area contributed by atoms with E-state index >= 15 is 0 Å². The number of carbonyl (C=O) groups is 1. The smallest absolute Gasteiger partial charge is 0.372 e. The number of halogens is 3. The Bertz CT molecular complexity index is 440. The summed E-state index contributed by atoms with van der Waals surface area (Å²) >= 11 is 0. The van der Waals surface area contributed by atoms with Crippen molar-refractivity contribution >= 4 is 6.03 Å². The van der Waals surface area contributed by atoms with Gasteiger partial charge in [-0.25, -0.2) is 4.79 Å². The highest BCUT2D eigenvalue weighted by atomic mass is 19.4. The van der Waals surface area contributed by atoms with E-state index in [-0.39, 0.29) is 29.5 Å². The number of fused-ring (bicyclic) bond motifs is 2. The maximum absolute atomic E-state index is 12.0. The standard InChI is InChI=1S/C16H27F3N2O2/c1-14(2)11-5-6-15(14,3)12(9-11)21-13(22)20-7-4-8-23-10-16(17,18)19/h11-12H,4-10H2,1-3H3,(H2,20,21,22). The van der Waals surface area contributed by atoms with Crippen molar-refractivity contribution in [1.82, 2.24) is 10.6 Å².